The van der Waals surface area contributed by atoms with Gasteiger partial charge in [-0.1, -0.05) is 0 Å². The van der Waals surface area contributed by atoms with Crippen LogP contribution in [0.3, 0.4) is 0 Å². The molecule has 1 amide bonds. The van der Waals surface area contributed by atoms with E-state index in [9.17, 15) is 9.59 Å². The van der Waals surface area contributed by atoms with Gasteiger partial charge < -0.3 is 4.74 Å². The summed E-state index contributed by atoms with van der Waals surface area (Å²) in [4.78, 5) is 28.3. The number of rotatable bonds is 2. The maximum atomic E-state index is 12.5. The van der Waals surface area contributed by atoms with Gasteiger partial charge >= 0.3 is 5.97 Å². The molecule has 1 N–H and O–H groups in total. The number of amides is 1. The zero-order valence-corrected chi connectivity index (χ0v) is 12.2. The van der Waals surface area contributed by atoms with E-state index in [1.165, 1.54) is 0 Å². The van der Waals surface area contributed by atoms with Crippen LogP contribution in [0, 0.1) is 19.8 Å². The third-order valence-corrected chi connectivity index (χ3v) is 4.42. The Morgan fingerprint density at radius 1 is 1.24 bits per heavy atom. The van der Waals surface area contributed by atoms with E-state index in [4.69, 9.17) is 4.74 Å². The summed E-state index contributed by atoms with van der Waals surface area (Å²) in [5, 5.41) is 10.5. The van der Waals surface area contributed by atoms with Gasteiger partial charge in [-0.2, -0.15) is 5.10 Å². The van der Waals surface area contributed by atoms with Crippen LogP contribution in [0.1, 0.15) is 43.5 Å². The highest BCUT2D eigenvalue weighted by molar-refractivity contribution is 5.95. The SMILES string of the molecule is Cc1nnc(NC(=O)C2CC(=O)OC23CCCC3)nc1C. The number of hydrogen-bond donors (Lipinski definition) is 1. The zero-order valence-electron chi connectivity index (χ0n) is 12.2. The van der Waals surface area contributed by atoms with Crippen molar-refractivity contribution in [2.45, 2.75) is 51.6 Å². The Hall–Kier alpha value is -2.05. The van der Waals surface area contributed by atoms with Gasteiger partial charge in [0, 0.05) is 0 Å². The predicted octanol–water partition coefficient (Wildman–Crippen LogP) is 1.30. The minimum Gasteiger partial charge on any atom is -0.458 e. The van der Waals surface area contributed by atoms with Gasteiger partial charge in [-0.3, -0.25) is 14.9 Å². The molecule has 1 aliphatic carbocycles. The number of ether oxygens (including phenoxy) is 1. The molecule has 1 atom stereocenters. The number of anilines is 1. The topological polar surface area (TPSA) is 94.1 Å². The predicted molar refractivity (Wildman–Crippen MR) is 73.3 cm³/mol. The molecule has 0 bridgehead atoms. The molecule has 1 aromatic rings. The largest absolute Gasteiger partial charge is 0.458 e. The molecule has 1 aliphatic heterocycles. The number of esters is 1. The molecule has 1 saturated carbocycles. The molecule has 1 aromatic heterocycles. The molecule has 0 aromatic carbocycles. The van der Waals surface area contributed by atoms with Crippen LogP contribution in [0.2, 0.25) is 0 Å². The molecule has 3 rings (SSSR count). The van der Waals surface area contributed by atoms with Crippen LogP contribution in [0.4, 0.5) is 5.95 Å². The Labute approximate surface area is 122 Å². The van der Waals surface area contributed by atoms with Gasteiger partial charge in [-0.15, -0.1) is 5.10 Å². The first kappa shape index (κ1) is 13.9. The van der Waals surface area contributed by atoms with Crippen molar-refractivity contribution in [3.8, 4) is 0 Å². The van der Waals surface area contributed by atoms with E-state index >= 15 is 0 Å². The standard InChI is InChI=1S/C14H18N4O3/c1-8-9(2)17-18-13(15-8)16-12(20)10-7-11(19)21-14(10)5-3-4-6-14/h10H,3-7H2,1-2H3,(H,15,16,18,20). The highest BCUT2D eigenvalue weighted by atomic mass is 16.6. The van der Waals surface area contributed by atoms with Gasteiger partial charge in [0.1, 0.15) is 5.60 Å². The lowest BCUT2D eigenvalue weighted by molar-refractivity contribution is -0.149. The summed E-state index contributed by atoms with van der Waals surface area (Å²) in [7, 11) is 0. The fourth-order valence-corrected chi connectivity index (χ4v) is 3.15. The van der Waals surface area contributed by atoms with Crippen LogP contribution in [-0.2, 0) is 14.3 Å². The Morgan fingerprint density at radius 2 is 1.95 bits per heavy atom. The van der Waals surface area contributed by atoms with E-state index in [1.807, 2.05) is 0 Å². The minimum atomic E-state index is -0.617. The van der Waals surface area contributed by atoms with E-state index in [0.29, 0.717) is 0 Å². The molecule has 2 aliphatic rings. The summed E-state index contributed by atoms with van der Waals surface area (Å²) in [6.45, 7) is 3.61. The second kappa shape index (κ2) is 5.05. The van der Waals surface area contributed by atoms with E-state index in [0.717, 1.165) is 37.1 Å². The maximum absolute atomic E-state index is 12.5. The molecule has 7 heteroatoms. The highest BCUT2D eigenvalue weighted by Gasteiger charge is 2.54. The van der Waals surface area contributed by atoms with E-state index in [-0.39, 0.29) is 24.2 Å². The molecule has 1 saturated heterocycles. The van der Waals surface area contributed by atoms with E-state index in [2.05, 4.69) is 20.5 Å². The van der Waals surface area contributed by atoms with Gasteiger partial charge in [0.05, 0.1) is 23.7 Å². The van der Waals surface area contributed by atoms with Crippen LogP contribution in [-0.4, -0.2) is 32.7 Å². The van der Waals surface area contributed by atoms with Crippen molar-refractivity contribution in [3.63, 3.8) is 0 Å². The first-order valence-corrected chi connectivity index (χ1v) is 7.21. The van der Waals surface area contributed by atoms with Crippen LogP contribution in [0.15, 0.2) is 0 Å². The molecular formula is C14H18N4O3. The van der Waals surface area contributed by atoms with Crippen molar-refractivity contribution >= 4 is 17.8 Å². The lowest BCUT2D eigenvalue weighted by atomic mass is 9.85. The highest BCUT2D eigenvalue weighted by Crippen LogP contribution is 2.45. The average Bonchev–Trinajstić information content (AvgIpc) is 3.02. The van der Waals surface area contributed by atoms with Gasteiger partial charge in [-0.05, 0) is 39.5 Å². The lowest BCUT2D eigenvalue weighted by Gasteiger charge is -2.27. The normalized spacial score (nSPS) is 23.3. The number of aromatic nitrogens is 3. The first-order valence-electron chi connectivity index (χ1n) is 7.21. The molecule has 2 fully saturated rings. The van der Waals surface area contributed by atoms with Crippen molar-refractivity contribution < 1.29 is 14.3 Å². The summed E-state index contributed by atoms with van der Waals surface area (Å²) in [6.07, 6.45) is 3.60. The number of nitrogens with zero attached hydrogens (tertiary/aromatic N) is 3. The Balaban J connectivity index is 1.78. The van der Waals surface area contributed by atoms with Crippen molar-refractivity contribution in [3.05, 3.63) is 11.4 Å². The fourth-order valence-electron chi connectivity index (χ4n) is 3.15. The number of aryl methyl sites for hydroxylation is 2. The maximum Gasteiger partial charge on any atom is 0.307 e. The van der Waals surface area contributed by atoms with Crippen LogP contribution in [0.25, 0.3) is 0 Å². The molecule has 21 heavy (non-hydrogen) atoms. The van der Waals surface area contributed by atoms with E-state index in [1.54, 1.807) is 13.8 Å². The molecule has 1 spiro atoms. The number of carbonyl (C=O) groups is 2. The summed E-state index contributed by atoms with van der Waals surface area (Å²) < 4.78 is 5.47. The molecule has 112 valence electrons. The number of nitrogens with one attached hydrogen (secondary N) is 1. The lowest BCUT2D eigenvalue weighted by Crippen LogP contribution is -2.40. The van der Waals surface area contributed by atoms with Gasteiger partial charge in [-0.25, -0.2) is 4.98 Å². The molecule has 7 nitrogen and oxygen atoms in total. The third-order valence-electron chi connectivity index (χ3n) is 4.42. The van der Waals surface area contributed by atoms with Gasteiger partial charge in [0.15, 0.2) is 0 Å². The third kappa shape index (κ3) is 2.48. The van der Waals surface area contributed by atoms with Crippen LogP contribution < -0.4 is 5.32 Å². The van der Waals surface area contributed by atoms with Crippen molar-refractivity contribution in [1.29, 1.82) is 0 Å². The van der Waals surface area contributed by atoms with Crippen molar-refractivity contribution in [1.82, 2.24) is 15.2 Å². The zero-order chi connectivity index (χ0) is 15.0. The Morgan fingerprint density at radius 3 is 2.62 bits per heavy atom. The summed E-state index contributed by atoms with van der Waals surface area (Å²) in [6, 6.07) is 0. The minimum absolute atomic E-state index is 0.129. The second-order valence-electron chi connectivity index (χ2n) is 5.80. The summed E-state index contributed by atoms with van der Waals surface area (Å²) in [5.41, 5.74) is 0.822. The Bertz CT molecular complexity index is 596. The molecule has 1 unspecified atom stereocenters. The summed E-state index contributed by atoms with van der Waals surface area (Å²) in [5.74, 6) is -0.836. The monoisotopic (exact) mass is 290 g/mol. The van der Waals surface area contributed by atoms with Crippen molar-refractivity contribution in [2.24, 2.45) is 5.92 Å². The smallest absolute Gasteiger partial charge is 0.307 e. The van der Waals surface area contributed by atoms with Gasteiger partial charge in [0.2, 0.25) is 11.9 Å². The van der Waals surface area contributed by atoms with Crippen molar-refractivity contribution in [2.75, 3.05) is 5.32 Å². The van der Waals surface area contributed by atoms with E-state index < -0.39 is 11.5 Å². The van der Waals surface area contributed by atoms with Crippen LogP contribution in [0.5, 0.6) is 0 Å². The quantitative estimate of drug-likeness (QED) is 0.825. The molecule has 2 heterocycles. The molecule has 0 radical (unpaired) electrons. The number of carbonyl (C=O) groups excluding carboxylic acids is 2. The average molecular weight is 290 g/mol. The number of hydrogen-bond acceptors (Lipinski definition) is 6. The fraction of sp³-hybridized carbons (Fsp3) is 0.643. The van der Waals surface area contributed by atoms with Crippen LogP contribution >= 0.6 is 0 Å². The Kier molecular flexibility index (Phi) is 3.35. The van der Waals surface area contributed by atoms with Gasteiger partial charge in [0.25, 0.3) is 0 Å². The first-order chi connectivity index (χ1) is 10.00. The summed E-state index contributed by atoms with van der Waals surface area (Å²) >= 11 is 0. The molecular weight excluding hydrogens is 272 g/mol. The second-order valence-corrected chi connectivity index (χ2v) is 5.80.